The molecule has 0 aliphatic carbocycles. The summed E-state index contributed by atoms with van der Waals surface area (Å²) in [6, 6.07) is 4.71. The summed E-state index contributed by atoms with van der Waals surface area (Å²) in [5.74, 6) is -0.447. The van der Waals surface area contributed by atoms with Gasteiger partial charge in [0.1, 0.15) is 10.8 Å². The van der Waals surface area contributed by atoms with Gasteiger partial charge in [0.15, 0.2) is 0 Å². The molecule has 116 valence electrons. The second-order valence-corrected chi connectivity index (χ2v) is 6.29. The zero-order chi connectivity index (χ0) is 16.4. The van der Waals surface area contributed by atoms with E-state index in [0.717, 1.165) is 10.4 Å². The number of primary amides is 1. The predicted octanol–water partition coefficient (Wildman–Crippen LogP) is 3.38. The van der Waals surface area contributed by atoms with E-state index in [9.17, 15) is 9.59 Å². The van der Waals surface area contributed by atoms with Crippen LogP contribution in [0.15, 0.2) is 18.2 Å². The minimum absolute atomic E-state index is 0.337. The molecule has 2 rings (SSSR count). The number of rotatable bonds is 4. The third-order valence-electron chi connectivity index (χ3n) is 3.27. The van der Waals surface area contributed by atoms with Gasteiger partial charge in [-0.25, -0.2) is 0 Å². The molecule has 1 aromatic heterocycles. The van der Waals surface area contributed by atoms with E-state index in [0.29, 0.717) is 26.9 Å². The highest BCUT2D eigenvalue weighted by Gasteiger charge is 2.19. The molecule has 0 unspecified atom stereocenters. The highest BCUT2D eigenvalue weighted by atomic mass is 35.5. The number of nitrogens with one attached hydrogen (secondary N) is 1. The Bertz CT molecular complexity index is 755. The number of ether oxygens (including phenoxy) is 1. The van der Waals surface area contributed by atoms with E-state index in [1.54, 1.807) is 19.1 Å². The van der Waals surface area contributed by atoms with Crippen molar-refractivity contribution in [3.63, 3.8) is 0 Å². The number of amides is 2. The van der Waals surface area contributed by atoms with Gasteiger partial charge in [-0.2, -0.15) is 0 Å². The molecule has 0 atom stereocenters. The number of aryl methyl sites for hydroxylation is 1. The molecular formula is C15H15ClN2O3S. The first-order chi connectivity index (χ1) is 10.3. The Kier molecular flexibility index (Phi) is 4.73. The van der Waals surface area contributed by atoms with E-state index in [4.69, 9.17) is 22.1 Å². The van der Waals surface area contributed by atoms with Gasteiger partial charge in [0.25, 0.3) is 11.8 Å². The van der Waals surface area contributed by atoms with Crippen LogP contribution in [0.5, 0.6) is 5.75 Å². The Morgan fingerprint density at radius 1 is 1.32 bits per heavy atom. The lowest BCUT2D eigenvalue weighted by Gasteiger charge is -2.07. The lowest BCUT2D eigenvalue weighted by molar-refractivity contribution is 0.100. The summed E-state index contributed by atoms with van der Waals surface area (Å²) in [6.45, 7) is 3.66. The van der Waals surface area contributed by atoms with Gasteiger partial charge in [0.05, 0.1) is 17.7 Å². The fourth-order valence-corrected chi connectivity index (χ4v) is 3.31. The number of anilines is 1. The van der Waals surface area contributed by atoms with Crippen LogP contribution in [0.2, 0.25) is 5.02 Å². The van der Waals surface area contributed by atoms with Crippen molar-refractivity contribution in [1.82, 2.24) is 0 Å². The van der Waals surface area contributed by atoms with Gasteiger partial charge >= 0.3 is 0 Å². The smallest absolute Gasteiger partial charge is 0.256 e. The van der Waals surface area contributed by atoms with Crippen LogP contribution in [0.4, 0.5) is 5.00 Å². The lowest BCUT2D eigenvalue weighted by atomic mass is 10.1. The maximum atomic E-state index is 12.3. The van der Waals surface area contributed by atoms with Crippen molar-refractivity contribution in [2.75, 3.05) is 12.4 Å². The molecule has 0 radical (unpaired) electrons. The number of benzene rings is 1. The third-order valence-corrected chi connectivity index (χ3v) is 4.69. The molecule has 1 aromatic carbocycles. The van der Waals surface area contributed by atoms with Crippen LogP contribution in [0.1, 0.15) is 31.2 Å². The standard InChI is InChI=1S/C15H15ClN2O3S/c1-7-8(2)22-15(12(7)13(17)19)18-14(20)9-4-5-11(21-3)10(16)6-9/h4-6H,1-3H3,(H2,17,19)(H,18,20). The highest BCUT2D eigenvalue weighted by Crippen LogP contribution is 2.33. The van der Waals surface area contributed by atoms with E-state index in [1.807, 2.05) is 6.92 Å². The van der Waals surface area contributed by atoms with Gasteiger partial charge < -0.3 is 15.8 Å². The zero-order valence-corrected chi connectivity index (χ0v) is 13.9. The van der Waals surface area contributed by atoms with Crippen LogP contribution in [-0.2, 0) is 0 Å². The van der Waals surface area contributed by atoms with Gasteiger partial charge in [0, 0.05) is 10.4 Å². The Morgan fingerprint density at radius 2 is 2.00 bits per heavy atom. The summed E-state index contributed by atoms with van der Waals surface area (Å²) in [4.78, 5) is 24.8. The maximum Gasteiger partial charge on any atom is 0.256 e. The summed E-state index contributed by atoms with van der Waals surface area (Å²) in [6.07, 6.45) is 0. The van der Waals surface area contributed by atoms with Crippen LogP contribution in [-0.4, -0.2) is 18.9 Å². The molecule has 3 N–H and O–H groups in total. The maximum absolute atomic E-state index is 12.3. The predicted molar refractivity (Wildman–Crippen MR) is 88.3 cm³/mol. The number of methoxy groups -OCH3 is 1. The van der Waals surface area contributed by atoms with Gasteiger partial charge in [-0.05, 0) is 37.6 Å². The Hall–Kier alpha value is -2.05. The van der Waals surface area contributed by atoms with E-state index in [-0.39, 0.29) is 5.91 Å². The lowest BCUT2D eigenvalue weighted by Crippen LogP contribution is -2.17. The average Bonchev–Trinajstić information content (AvgIpc) is 2.73. The van der Waals surface area contributed by atoms with Crippen LogP contribution >= 0.6 is 22.9 Å². The Morgan fingerprint density at radius 3 is 2.55 bits per heavy atom. The van der Waals surface area contributed by atoms with Crippen LogP contribution in [0.3, 0.4) is 0 Å². The van der Waals surface area contributed by atoms with Crippen molar-refractivity contribution in [1.29, 1.82) is 0 Å². The number of carbonyl (C=O) groups is 2. The highest BCUT2D eigenvalue weighted by molar-refractivity contribution is 7.16. The van der Waals surface area contributed by atoms with Gasteiger partial charge in [-0.1, -0.05) is 11.6 Å². The quantitative estimate of drug-likeness (QED) is 0.896. The molecule has 0 aliphatic heterocycles. The first-order valence-electron chi connectivity index (χ1n) is 6.39. The number of hydrogen-bond donors (Lipinski definition) is 2. The van der Waals surface area contributed by atoms with Crippen LogP contribution in [0, 0.1) is 13.8 Å². The van der Waals surface area contributed by atoms with Crippen molar-refractivity contribution in [3.05, 3.63) is 44.8 Å². The van der Waals surface area contributed by atoms with Crippen molar-refractivity contribution in [2.24, 2.45) is 5.73 Å². The molecule has 1 heterocycles. The van der Waals surface area contributed by atoms with Crippen molar-refractivity contribution >= 4 is 39.8 Å². The second-order valence-electron chi connectivity index (χ2n) is 4.66. The topological polar surface area (TPSA) is 81.4 Å². The fraction of sp³-hybridized carbons (Fsp3) is 0.200. The summed E-state index contributed by atoms with van der Waals surface area (Å²) in [5.41, 5.74) is 6.87. The number of nitrogens with two attached hydrogens (primary N) is 1. The van der Waals surface area contributed by atoms with Gasteiger partial charge in [0.2, 0.25) is 0 Å². The minimum Gasteiger partial charge on any atom is -0.495 e. The summed E-state index contributed by atoms with van der Waals surface area (Å²) in [5, 5.41) is 3.49. The summed E-state index contributed by atoms with van der Waals surface area (Å²) in [7, 11) is 1.50. The van der Waals surface area contributed by atoms with Crippen LogP contribution < -0.4 is 15.8 Å². The van der Waals surface area contributed by atoms with Gasteiger partial charge in [-0.15, -0.1) is 11.3 Å². The molecule has 0 bridgehead atoms. The molecule has 0 fully saturated rings. The minimum atomic E-state index is -0.565. The molecule has 22 heavy (non-hydrogen) atoms. The van der Waals surface area contributed by atoms with E-state index in [2.05, 4.69) is 5.32 Å². The first-order valence-corrected chi connectivity index (χ1v) is 7.59. The summed E-state index contributed by atoms with van der Waals surface area (Å²) >= 11 is 7.32. The normalized spacial score (nSPS) is 10.4. The molecule has 0 spiro atoms. The van der Waals surface area contributed by atoms with E-state index in [1.165, 1.54) is 24.5 Å². The van der Waals surface area contributed by atoms with Crippen molar-refractivity contribution < 1.29 is 14.3 Å². The number of hydrogen-bond acceptors (Lipinski definition) is 4. The Balaban J connectivity index is 2.32. The number of halogens is 1. The monoisotopic (exact) mass is 338 g/mol. The second kappa shape index (κ2) is 6.37. The molecule has 5 nitrogen and oxygen atoms in total. The molecule has 0 saturated carbocycles. The Labute approximate surface area is 137 Å². The van der Waals surface area contributed by atoms with Gasteiger partial charge in [-0.3, -0.25) is 9.59 Å². The van der Waals surface area contributed by atoms with Crippen LogP contribution in [0.25, 0.3) is 0 Å². The zero-order valence-electron chi connectivity index (χ0n) is 12.3. The largest absolute Gasteiger partial charge is 0.495 e. The SMILES string of the molecule is COc1ccc(C(=O)Nc2sc(C)c(C)c2C(N)=O)cc1Cl. The fourth-order valence-electron chi connectivity index (χ4n) is 1.99. The number of carbonyl (C=O) groups excluding carboxylic acids is 2. The molecule has 2 aromatic rings. The molecule has 0 aliphatic rings. The molecular weight excluding hydrogens is 324 g/mol. The average molecular weight is 339 g/mol. The molecule has 0 saturated heterocycles. The molecule has 7 heteroatoms. The number of thiophene rings is 1. The van der Waals surface area contributed by atoms with E-state index < -0.39 is 5.91 Å². The summed E-state index contributed by atoms with van der Waals surface area (Å²) < 4.78 is 5.04. The van der Waals surface area contributed by atoms with Crippen molar-refractivity contribution in [2.45, 2.75) is 13.8 Å². The van der Waals surface area contributed by atoms with Crippen molar-refractivity contribution in [3.8, 4) is 5.75 Å². The molecule has 2 amide bonds. The third kappa shape index (κ3) is 3.08. The first kappa shape index (κ1) is 16.3. The van der Waals surface area contributed by atoms with E-state index >= 15 is 0 Å².